The summed E-state index contributed by atoms with van der Waals surface area (Å²) >= 11 is 0. The van der Waals surface area contributed by atoms with Gasteiger partial charge >= 0.3 is 5.97 Å². The van der Waals surface area contributed by atoms with E-state index in [1.165, 1.54) is 7.11 Å². The van der Waals surface area contributed by atoms with Gasteiger partial charge in [-0.05, 0) is 49.2 Å². The highest BCUT2D eigenvalue weighted by atomic mass is 16.5. The first-order chi connectivity index (χ1) is 13.6. The third-order valence-electron chi connectivity index (χ3n) is 5.39. The van der Waals surface area contributed by atoms with Crippen molar-refractivity contribution in [1.82, 2.24) is 14.8 Å². The molecule has 2 heterocycles. The summed E-state index contributed by atoms with van der Waals surface area (Å²) in [6.07, 6.45) is 4.71. The first kappa shape index (κ1) is 20.0. The number of esters is 1. The molecule has 6 nitrogen and oxygen atoms in total. The van der Waals surface area contributed by atoms with Crippen LogP contribution in [0.4, 0.5) is 0 Å². The lowest BCUT2D eigenvalue weighted by atomic mass is 10.0. The van der Waals surface area contributed by atoms with Crippen molar-refractivity contribution in [3.8, 4) is 0 Å². The van der Waals surface area contributed by atoms with Crippen LogP contribution in [0.1, 0.15) is 39.3 Å². The standard InChI is InChI=1S/C22H27N3O3/c1-24(21(26)17-6-8-18(9-7-17)22(27)28-2)20-11-15-25(16-12-20)14-10-19-5-3-4-13-23-19/h3-9,13,20H,10-12,14-16H2,1-2H3. The van der Waals surface area contributed by atoms with Gasteiger partial charge in [0.05, 0.1) is 12.7 Å². The van der Waals surface area contributed by atoms with E-state index in [9.17, 15) is 9.59 Å². The molecular formula is C22H27N3O3. The Morgan fingerprint density at radius 2 is 1.79 bits per heavy atom. The van der Waals surface area contributed by atoms with Gasteiger partial charge in [0.15, 0.2) is 0 Å². The van der Waals surface area contributed by atoms with Crippen molar-refractivity contribution < 1.29 is 14.3 Å². The van der Waals surface area contributed by atoms with Crippen LogP contribution in [0, 0.1) is 0 Å². The van der Waals surface area contributed by atoms with Crippen LogP contribution in [0.15, 0.2) is 48.7 Å². The molecule has 0 saturated carbocycles. The maximum Gasteiger partial charge on any atom is 0.337 e. The third-order valence-corrected chi connectivity index (χ3v) is 5.39. The molecular weight excluding hydrogens is 354 g/mol. The van der Waals surface area contributed by atoms with E-state index in [1.807, 2.05) is 30.3 Å². The van der Waals surface area contributed by atoms with Gasteiger partial charge < -0.3 is 14.5 Å². The zero-order valence-corrected chi connectivity index (χ0v) is 16.5. The minimum absolute atomic E-state index is 0.0108. The van der Waals surface area contributed by atoms with E-state index < -0.39 is 5.97 Å². The van der Waals surface area contributed by atoms with Crippen molar-refractivity contribution in [3.05, 3.63) is 65.5 Å². The van der Waals surface area contributed by atoms with Gasteiger partial charge in [0.1, 0.15) is 0 Å². The number of piperidine rings is 1. The predicted molar refractivity (Wildman–Crippen MR) is 107 cm³/mol. The van der Waals surface area contributed by atoms with Crippen LogP contribution < -0.4 is 0 Å². The minimum atomic E-state index is -0.398. The van der Waals surface area contributed by atoms with Crippen LogP contribution in [0.2, 0.25) is 0 Å². The van der Waals surface area contributed by atoms with Crippen LogP contribution in [0.5, 0.6) is 0 Å². The zero-order valence-electron chi connectivity index (χ0n) is 16.5. The van der Waals surface area contributed by atoms with Crippen LogP contribution in [-0.2, 0) is 11.2 Å². The second kappa shape index (κ2) is 9.46. The SMILES string of the molecule is COC(=O)c1ccc(C(=O)N(C)C2CCN(CCc3ccccn3)CC2)cc1. The molecule has 1 saturated heterocycles. The molecule has 1 aliphatic rings. The first-order valence-corrected chi connectivity index (χ1v) is 9.66. The Kier molecular flexibility index (Phi) is 6.76. The van der Waals surface area contributed by atoms with E-state index in [0.717, 1.165) is 44.6 Å². The fourth-order valence-corrected chi connectivity index (χ4v) is 3.59. The number of likely N-dealkylation sites (tertiary alicyclic amines) is 1. The fourth-order valence-electron chi connectivity index (χ4n) is 3.59. The average molecular weight is 381 g/mol. The molecule has 0 aliphatic carbocycles. The Balaban J connectivity index is 1.49. The molecule has 0 N–H and O–H groups in total. The lowest BCUT2D eigenvalue weighted by Crippen LogP contribution is -2.46. The highest BCUT2D eigenvalue weighted by Crippen LogP contribution is 2.18. The summed E-state index contributed by atoms with van der Waals surface area (Å²) in [5.74, 6) is -0.409. The van der Waals surface area contributed by atoms with Crippen LogP contribution in [0.3, 0.4) is 0 Å². The number of hydrogen-bond donors (Lipinski definition) is 0. The molecule has 148 valence electrons. The summed E-state index contributed by atoms with van der Waals surface area (Å²) in [4.78, 5) is 33.0. The molecule has 1 aliphatic heterocycles. The van der Waals surface area contributed by atoms with Crippen molar-refractivity contribution in [2.45, 2.75) is 25.3 Å². The second-order valence-electron chi connectivity index (χ2n) is 7.13. The minimum Gasteiger partial charge on any atom is -0.465 e. The largest absolute Gasteiger partial charge is 0.465 e. The van der Waals surface area contributed by atoms with Gasteiger partial charge in [0.25, 0.3) is 5.91 Å². The number of hydrogen-bond acceptors (Lipinski definition) is 5. The van der Waals surface area contributed by atoms with Gasteiger partial charge in [-0.2, -0.15) is 0 Å². The number of rotatable bonds is 6. The molecule has 0 atom stereocenters. The number of benzene rings is 1. The molecule has 0 radical (unpaired) electrons. The average Bonchev–Trinajstić information content (AvgIpc) is 2.77. The first-order valence-electron chi connectivity index (χ1n) is 9.66. The van der Waals surface area contributed by atoms with E-state index in [0.29, 0.717) is 11.1 Å². The van der Waals surface area contributed by atoms with E-state index in [4.69, 9.17) is 4.74 Å². The number of ether oxygens (including phenoxy) is 1. The second-order valence-corrected chi connectivity index (χ2v) is 7.13. The highest BCUT2D eigenvalue weighted by Gasteiger charge is 2.26. The topological polar surface area (TPSA) is 62.7 Å². The summed E-state index contributed by atoms with van der Waals surface area (Å²) in [6, 6.07) is 12.9. The maximum absolute atomic E-state index is 12.8. The zero-order chi connectivity index (χ0) is 19.9. The predicted octanol–water partition coefficient (Wildman–Crippen LogP) is 2.65. The number of methoxy groups -OCH3 is 1. The maximum atomic E-state index is 12.8. The van der Waals surface area contributed by atoms with Crippen LogP contribution in [0.25, 0.3) is 0 Å². The van der Waals surface area contributed by atoms with Crippen LogP contribution >= 0.6 is 0 Å². The Labute approximate surface area is 166 Å². The van der Waals surface area contributed by atoms with E-state index in [2.05, 4.69) is 16.0 Å². The monoisotopic (exact) mass is 381 g/mol. The molecule has 1 aromatic heterocycles. The van der Waals surface area contributed by atoms with Gasteiger partial charge in [-0.15, -0.1) is 0 Å². The highest BCUT2D eigenvalue weighted by molar-refractivity contribution is 5.96. The Hall–Kier alpha value is -2.73. The molecule has 0 spiro atoms. The smallest absolute Gasteiger partial charge is 0.337 e. The van der Waals surface area contributed by atoms with Gasteiger partial charge in [0, 0.05) is 56.6 Å². The molecule has 2 aromatic rings. The summed E-state index contributed by atoms with van der Waals surface area (Å²) in [5, 5.41) is 0. The molecule has 3 rings (SSSR count). The number of carbonyl (C=O) groups excluding carboxylic acids is 2. The van der Waals surface area contributed by atoms with Gasteiger partial charge in [-0.3, -0.25) is 9.78 Å². The van der Waals surface area contributed by atoms with Gasteiger partial charge in [-0.1, -0.05) is 6.07 Å². The van der Waals surface area contributed by atoms with Gasteiger partial charge in [-0.25, -0.2) is 4.79 Å². The molecule has 28 heavy (non-hydrogen) atoms. The Bertz CT molecular complexity index is 784. The molecule has 0 unspecified atom stereocenters. The normalized spacial score (nSPS) is 15.2. The van der Waals surface area contributed by atoms with Gasteiger partial charge in [0.2, 0.25) is 0 Å². The van der Waals surface area contributed by atoms with E-state index in [1.54, 1.807) is 24.3 Å². The quantitative estimate of drug-likeness (QED) is 0.720. The summed E-state index contributed by atoms with van der Waals surface area (Å²) in [5.41, 5.74) is 2.16. The van der Waals surface area contributed by atoms with E-state index >= 15 is 0 Å². The Morgan fingerprint density at radius 3 is 2.39 bits per heavy atom. The van der Waals surface area contributed by atoms with Crippen molar-refractivity contribution in [3.63, 3.8) is 0 Å². The fraction of sp³-hybridized carbons (Fsp3) is 0.409. The number of pyridine rings is 1. The third kappa shape index (κ3) is 4.95. The van der Waals surface area contributed by atoms with Crippen molar-refractivity contribution in [2.75, 3.05) is 33.8 Å². The number of nitrogens with zero attached hydrogens (tertiary/aromatic N) is 3. The lowest BCUT2D eigenvalue weighted by molar-refractivity contribution is 0.0597. The molecule has 0 bridgehead atoms. The number of carbonyl (C=O) groups is 2. The number of aromatic nitrogens is 1. The summed E-state index contributed by atoms with van der Waals surface area (Å²) in [7, 11) is 3.21. The van der Waals surface area contributed by atoms with E-state index in [-0.39, 0.29) is 11.9 Å². The lowest BCUT2D eigenvalue weighted by Gasteiger charge is -2.36. The Morgan fingerprint density at radius 1 is 1.11 bits per heavy atom. The van der Waals surface area contributed by atoms with Crippen molar-refractivity contribution in [2.24, 2.45) is 0 Å². The molecule has 1 amide bonds. The molecule has 1 fully saturated rings. The molecule has 1 aromatic carbocycles. The van der Waals surface area contributed by atoms with Crippen molar-refractivity contribution >= 4 is 11.9 Å². The number of amides is 1. The van der Waals surface area contributed by atoms with Crippen LogP contribution in [-0.4, -0.2) is 66.5 Å². The summed E-state index contributed by atoms with van der Waals surface area (Å²) < 4.78 is 4.69. The summed E-state index contributed by atoms with van der Waals surface area (Å²) in [6.45, 7) is 2.96. The van der Waals surface area contributed by atoms with Crippen molar-refractivity contribution in [1.29, 1.82) is 0 Å². The molecule has 6 heteroatoms.